The minimum absolute atomic E-state index is 0.0996. The van der Waals surface area contributed by atoms with Gasteiger partial charge in [0.15, 0.2) is 0 Å². The maximum Gasteiger partial charge on any atom is 0.278 e. The van der Waals surface area contributed by atoms with Gasteiger partial charge in [-0.2, -0.15) is 0 Å². The lowest BCUT2D eigenvalue weighted by atomic mass is 10.0. The zero-order valence-electron chi connectivity index (χ0n) is 18.0. The van der Waals surface area contributed by atoms with E-state index in [1.807, 2.05) is 39.0 Å². The molecule has 0 saturated heterocycles. The molecule has 0 bridgehead atoms. The summed E-state index contributed by atoms with van der Waals surface area (Å²) in [5.41, 5.74) is 1.87. The number of imide groups is 1. The van der Waals surface area contributed by atoms with Crippen molar-refractivity contribution in [2.24, 2.45) is 0 Å². The predicted octanol–water partition coefficient (Wildman–Crippen LogP) is 4.75. The number of amides is 2. The van der Waals surface area contributed by atoms with Gasteiger partial charge in [-0.3, -0.25) is 14.5 Å². The quantitative estimate of drug-likeness (QED) is 0.425. The van der Waals surface area contributed by atoms with Gasteiger partial charge in [0.2, 0.25) is 0 Å². The van der Waals surface area contributed by atoms with Crippen LogP contribution < -0.4 is 10.1 Å². The zero-order valence-corrected chi connectivity index (χ0v) is 18.7. The molecular weight excluding hydrogens is 416 g/mol. The van der Waals surface area contributed by atoms with Crippen molar-refractivity contribution < 1.29 is 19.1 Å². The third-order valence-electron chi connectivity index (χ3n) is 4.69. The van der Waals surface area contributed by atoms with Crippen LogP contribution in [0.2, 0.25) is 5.02 Å². The van der Waals surface area contributed by atoms with Crippen molar-refractivity contribution >= 4 is 34.7 Å². The number of anilines is 1. The Bertz CT molecular complexity index is 970. The van der Waals surface area contributed by atoms with E-state index < -0.39 is 0 Å². The summed E-state index contributed by atoms with van der Waals surface area (Å²) in [6, 6.07) is 14.2. The fourth-order valence-electron chi connectivity index (χ4n) is 3.30. The summed E-state index contributed by atoms with van der Waals surface area (Å²) in [4.78, 5) is 27.7. The normalized spacial score (nSPS) is 14.0. The van der Waals surface area contributed by atoms with Crippen LogP contribution in [0.25, 0.3) is 5.57 Å². The molecule has 164 valence electrons. The number of benzene rings is 2. The van der Waals surface area contributed by atoms with Gasteiger partial charge < -0.3 is 14.8 Å². The Labute approximate surface area is 187 Å². The van der Waals surface area contributed by atoms with E-state index in [-0.39, 0.29) is 30.2 Å². The fraction of sp³-hybridized carbons (Fsp3) is 0.333. The number of rotatable bonds is 10. The second-order valence-electron chi connectivity index (χ2n) is 7.38. The summed E-state index contributed by atoms with van der Waals surface area (Å²) in [5.74, 6) is -0.0118. The third kappa shape index (κ3) is 5.66. The molecule has 1 aliphatic rings. The molecule has 7 heteroatoms. The van der Waals surface area contributed by atoms with Crippen molar-refractivity contribution in [3.63, 3.8) is 0 Å². The standard InChI is InChI=1S/C24H27ClN2O4/c1-4-30-20-8-5-7-19(15-20)26-22-21(17-9-11-18(25)12-10-17)23(28)27(24(22)29)13-6-14-31-16(2)3/h5,7-12,15-16,26H,4,6,13-14H2,1-3H3. The highest BCUT2D eigenvalue weighted by molar-refractivity contribution is 6.36. The van der Waals surface area contributed by atoms with Gasteiger partial charge in [0.1, 0.15) is 11.4 Å². The third-order valence-corrected chi connectivity index (χ3v) is 4.94. The number of carbonyl (C=O) groups is 2. The summed E-state index contributed by atoms with van der Waals surface area (Å²) in [5, 5.41) is 3.70. The minimum atomic E-state index is -0.360. The molecule has 2 aromatic carbocycles. The highest BCUT2D eigenvalue weighted by Crippen LogP contribution is 2.32. The summed E-state index contributed by atoms with van der Waals surface area (Å²) >= 11 is 6.01. The van der Waals surface area contributed by atoms with Crippen LogP contribution in [0.1, 0.15) is 32.8 Å². The number of hydrogen-bond donors (Lipinski definition) is 1. The van der Waals surface area contributed by atoms with E-state index in [0.29, 0.717) is 47.2 Å². The molecule has 0 unspecified atom stereocenters. The van der Waals surface area contributed by atoms with Gasteiger partial charge in [-0.05, 0) is 57.0 Å². The van der Waals surface area contributed by atoms with Crippen LogP contribution in [-0.4, -0.2) is 42.6 Å². The largest absolute Gasteiger partial charge is 0.494 e. The molecule has 6 nitrogen and oxygen atoms in total. The predicted molar refractivity (Wildman–Crippen MR) is 122 cm³/mol. The molecule has 31 heavy (non-hydrogen) atoms. The first-order chi connectivity index (χ1) is 14.9. The topological polar surface area (TPSA) is 67.9 Å². The van der Waals surface area contributed by atoms with Crippen LogP contribution in [0.5, 0.6) is 5.75 Å². The number of nitrogens with one attached hydrogen (secondary N) is 1. The Morgan fingerprint density at radius 2 is 1.81 bits per heavy atom. The second kappa shape index (κ2) is 10.5. The molecule has 1 heterocycles. The first-order valence-corrected chi connectivity index (χ1v) is 10.8. The Morgan fingerprint density at radius 3 is 2.48 bits per heavy atom. The van der Waals surface area contributed by atoms with Crippen LogP contribution in [0.4, 0.5) is 5.69 Å². The Morgan fingerprint density at radius 1 is 1.06 bits per heavy atom. The molecule has 0 spiro atoms. The maximum atomic E-state index is 13.2. The Balaban J connectivity index is 1.89. The second-order valence-corrected chi connectivity index (χ2v) is 7.81. The average molecular weight is 443 g/mol. The van der Waals surface area contributed by atoms with E-state index in [4.69, 9.17) is 21.1 Å². The van der Waals surface area contributed by atoms with Gasteiger partial charge >= 0.3 is 0 Å². The van der Waals surface area contributed by atoms with E-state index in [2.05, 4.69) is 5.32 Å². The van der Waals surface area contributed by atoms with Crippen LogP contribution in [0.15, 0.2) is 54.2 Å². The molecule has 0 aromatic heterocycles. The van der Waals surface area contributed by atoms with Crippen molar-refractivity contribution in [3.05, 3.63) is 64.8 Å². The first-order valence-electron chi connectivity index (χ1n) is 10.4. The molecule has 0 radical (unpaired) electrons. The van der Waals surface area contributed by atoms with Crippen LogP contribution in [0.3, 0.4) is 0 Å². The van der Waals surface area contributed by atoms with Crippen molar-refractivity contribution in [3.8, 4) is 5.75 Å². The van der Waals surface area contributed by atoms with Crippen molar-refractivity contribution in [2.45, 2.75) is 33.3 Å². The van der Waals surface area contributed by atoms with E-state index in [0.717, 1.165) is 0 Å². The molecule has 0 aliphatic carbocycles. The number of halogens is 1. The number of hydrogen-bond acceptors (Lipinski definition) is 5. The molecule has 2 amide bonds. The SMILES string of the molecule is CCOc1cccc(NC2=C(c3ccc(Cl)cc3)C(=O)N(CCCOC(C)C)C2=O)c1. The first kappa shape index (κ1) is 22.8. The lowest BCUT2D eigenvalue weighted by molar-refractivity contribution is -0.137. The van der Waals surface area contributed by atoms with Gasteiger partial charge in [0, 0.05) is 29.9 Å². The van der Waals surface area contributed by atoms with Crippen molar-refractivity contribution in [1.29, 1.82) is 0 Å². The van der Waals surface area contributed by atoms with Gasteiger partial charge in [0.05, 0.1) is 18.3 Å². The molecule has 0 fully saturated rings. The highest BCUT2D eigenvalue weighted by atomic mass is 35.5. The number of ether oxygens (including phenoxy) is 2. The van der Waals surface area contributed by atoms with Gasteiger partial charge in [0.25, 0.3) is 11.8 Å². The van der Waals surface area contributed by atoms with Crippen molar-refractivity contribution in [2.75, 3.05) is 25.1 Å². The van der Waals surface area contributed by atoms with E-state index in [1.54, 1.807) is 30.3 Å². The summed E-state index contributed by atoms with van der Waals surface area (Å²) in [6.07, 6.45) is 0.666. The number of carbonyl (C=O) groups excluding carboxylic acids is 2. The molecule has 1 N–H and O–H groups in total. The van der Waals surface area contributed by atoms with E-state index >= 15 is 0 Å². The maximum absolute atomic E-state index is 13.2. The summed E-state index contributed by atoms with van der Waals surface area (Å²) in [7, 11) is 0. The number of nitrogens with zero attached hydrogens (tertiary/aromatic N) is 1. The molecular formula is C24H27ClN2O4. The van der Waals surface area contributed by atoms with Crippen LogP contribution in [0, 0.1) is 0 Å². The molecule has 2 aromatic rings. The van der Waals surface area contributed by atoms with Gasteiger partial charge in [-0.25, -0.2) is 0 Å². The minimum Gasteiger partial charge on any atom is -0.494 e. The van der Waals surface area contributed by atoms with Crippen molar-refractivity contribution in [1.82, 2.24) is 4.90 Å². The zero-order chi connectivity index (χ0) is 22.4. The fourth-order valence-corrected chi connectivity index (χ4v) is 3.42. The van der Waals surface area contributed by atoms with Crippen LogP contribution >= 0.6 is 11.6 Å². The highest BCUT2D eigenvalue weighted by Gasteiger charge is 2.38. The lowest BCUT2D eigenvalue weighted by Gasteiger charge is -2.16. The lowest BCUT2D eigenvalue weighted by Crippen LogP contribution is -2.34. The average Bonchev–Trinajstić information content (AvgIpc) is 2.96. The van der Waals surface area contributed by atoms with E-state index in [1.165, 1.54) is 4.90 Å². The monoisotopic (exact) mass is 442 g/mol. The molecule has 0 atom stereocenters. The molecule has 1 aliphatic heterocycles. The summed E-state index contributed by atoms with van der Waals surface area (Å²) in [6.45, 7) is 7.10. The van der Waals surface area contributed by atoms with Gasteiger partial charge in [-0.1, -0.05) is 29.8 Å². The van der Waals surface area contributed by atoms with Gasteiger partial charge in [-0.15, -0.1) is 0 Å². The van der Waals surface area contributed by atoms with Crippen LogP contribution in [-0.2, 0) is 14.3 Å². The molecule has 3 rings (SSSR count). The summed E-state index contributed by atoms with van der Waals surface area (Å²) < 4.78 is 11.1. The molecule has 0 saturated carbocycles. The Kier molecular flexibility index (Phi) is 7.71. The Hall–Kier alpha value is -2.83. The van der Waals surface area contributed by atoms with E-state index in [9.17, 15) is 9.59 Å². The smallest absolute Gasteiger partial charge is 0.278 e.